The molecular formula is C19H18N4O3S2. The van der Waals surface area contributed by atoms with Gasteiger partial charge in [0.1, 0.15) is 0 Å². The van der Waals surface area contributed by atoms with Gasteiger partial charge in [-0.05, 0) is 29.6 Å². The molecule has 7 nitrogen and oxygen atoms in total. The number of nitrogens with zero attached hydrogens (tertiary/aromatic N) is 3. The Morgan fingerprint density at radius 2 is 2.04 bits per heavy atom. The maximum atomic E-state index is 12.0. The second kappa shape index (κ2) is 7.99. The molecular weight excluding hydrogens is 396 g/mol. The molecule has 0 fully saturated rings. The van der Waals surface area contributed by atoms with E-state index in [1.165, 1.54) is 22.7 Å². The zero-order valence-electron chi connectivity index (χ0n) is 15.3. The Morgan fingerprint density at radius 1 is 1.18 bits per heavy atom. The smallest absolute Gasteiger partial charge is 0.261 e. The van der Waals surface area contributed by atoms with Crippen molar-refractivity contribution in [2.24, 2.45) is 0 Å². The highest BCUT2D eigenvalue weighted by atomic mass is 32.1. The molecule has 3 heterocycles. The third kappa shape index (κ3) is 3.58. The number of nitrogens with one attached hydrogen (secondary N) is 1. The molecule has 3 aromatic heterocycles. The fourth-order valence-corrected chi connectivity index (χ4v) is 4.29. The normalized spacial score (nSPS) is 10.9. The van der Waals surface area contributed by atoms with Crippen molar-refractivity contribution in [3.63, 3.8) is 0 Å². The lowest BCUT2D eigenvalue weighted by atomic mass is 10.2. The average molecular weight is 415 g/mol. The Labute approximate surface area is 169 Å². The van der Waals surface area contributed by atoms with Gasteiger partial charge >= 0.3 is 0 Å². The van der Waals surface area contributed by atoms with Crippen LogP contribution in [-0.4, -0.2) is 41.3 Å². The molecule has 0 aliphatic rings. The van der Waals surface area contributed by atoms with E-state index >= 15 is 0 Å². The molecule has 1 aromatic carbocycles. The van der Waals surface area contributed by atoms with Crippen LogP contribution in [-0.2, 0) is 6.42 Å². The maximum absolute atomic E-state index is 12.0. The van der Waals surface area contributed by atoms with Crippen molar-refractivity contribution in [1.29, 1.82) is 0 Å². The van der Waals surface area contributed by atoms with Crippen LogP contribution in [0.2, 0.25) is 0 Å². The van der Waals surface area contributed by atoms with Gasteiger partial charge in [0.25, 0.3) is 5.91 Å². The molecule has 1 N–H and O–H groups in total. The van der Waals surface area contributed by atoms with Gasteiger partial charge in [0, 0.05) is 23.9 Å². The summed E-state index contributed by atoms with van der Waals surface area (Å²) in [5.74, 6) is 1.87. The Bertz CT molecular complexity index is 1100. The number of thiazole rings is 1. The van der Waals surface area contributed by atoms with Gasteiger partial charge in [-0.25, -0.2) is 4.52 Å². The summed E-state index contributed by atoms with van der Waals surface area (Å²) in [5.41, 5.74) is 1.86. The third-order valence-electron chi connectivity index (χ3n) is 4.20. The van der Waals surface area contributed by atoms with Gasteiger partial charge in [0.05, 0.1) is 24.8 Å². The van der Waals surface area contributed by atoms with Crippen LogP contribution in [0.3, 0.4) is 0 Å². The summed E-state index contributed by atoms with van der Waals surface area (Å²) in [6, 6.07) is 9.29. The highest BCUT2D eigenvalue weighted by Crippen LogP contribution is 2.31. The summed E-state index contributed by atoms with van der Waals surface area (Å²) in [6.07, 6.45) is 0.672. The predicted molar refractivity (Wildman–Crippen MR) is 110 cm³/mol. The second-order valence-corrected chi connectivity index (χ2v) is 7.69. The number of rotatable bonds is 7. The number of amides is 1. The van der Waals surface area contributed by atoms with Crippen LogP contribution >= 0.6 is 22.7 Å². The summed E-state index contributed by atoms with van der Waals surface area (Å²) in [4.78, 5) is 18.2. The van der Waals surface area contributed by atoms with E-state index in [2.05, 4.69) is 15.4 Å². The number of benzene rings is 1. The minimum Gasteiger partial charge on any atom is -0.493 e. The van der Waals surface area contributed by atoms with E-state index in [1.54, 1.807) is 14.2 Å². The summed E-state index contributed by atoms with van der Waals surface area (Å²) in [6.45, 7) is 0.536. The van der Waals surface area contributed by atoms with Gasteiger partial charge in [0.15, 0.2) is 17.3 Å². The van der Waals surface area contributed by atoms with Crippen LogP contribution in [0.25, 0.3) is 16.3 Å². The number of carbonyl (C=O) groups is 1. The molecule has 4 rings (SSSR count). The first-order chi connectivity index (χ1) is 13.7. The molecule has 0 aliphatic carbocycles. The minimum absolute atomic E-state index is 0.0499. The maximum Gasteiger partial charge on any atom is 0.261 e. The standard InChI is InChI=1S/C19H18N4O3S2/c1-25-14-6-5-12(10-15(14)26-2)17-21-19-23(22-17)13(11-28-19)7-8-20-18(24)16-4-3-9-27-16/h3-6,9-11H,7-8H2,1-2H3,(H,20,24). The van der Waals surface area contributed by atoms with Gasteiger partial charge in [0.2, 0.25) is 4.96 Å². The average Bonchev–Trinajstić information content (AvgIpc) is 3.45. The Morgan fingerprint density at radius 3 is 2.79 bits per heavy atom. The molecule has 144 valence electrons. The van der Waals surface area contributed by atoms with E-state index in [0.717, 1.165) is 16.2 Å². The highest BCUT2D eigenvalue weighted by Gasteiger charge is 2.14. The van der Waals surface area contributed by atoms with E-state index in [4.69, 9.17) is 9.47 Å². The highest BCUT2D eigenvalue weighted by molar-refractivity contribution is 7.15. The molecule has 0 spiro atoms. The number of hydrogen-bond donors (Lipinski definition) is 1. The number of carbonyl (C=O) groups excluding carboxylic acids is 1. The molecule has 9 heteroatoms. The number of aromatic nitrogens is 3. The first-order valence-electron chi connectivity index (χ1n) is 8.57. The molecule has 0 aliphatic heterocycles. The topological polar surface area (TPSA) is 77.8 Å². The number of thiophene rings is 1. The van der Waals surface area contributed by atoms with Gasteiger partial charge in [-0.2, -0.15) is 4.98 Å². The lowest BCUT2D eigenvalue weighted by Gasteiger charge is -2.07. The van der Waals surface area contributed by atoms with Crippen molar-refractivity contribution in [2.45, 2.75) is 6.42 Å². The van der Waals surface area contributed by atoms with Crippen molar-refractivity contribution in [3.8, 4) is 22.9 Å². The van der Waals surface area contributed by atoms with E-state index in [0.29, 0.717) is 35.2 Å². The van der Waals surface area contributed by atoms with Crippen molar-refractivity contribution >= 4 is 33.5 Å². The fraction of sp³-hybridized carbons (Fsp3) is 0.211. The van der Waals surface area contributed by atoms with Crippen LogP contribution < -0.4 is 14.8 Å². The lowest BCUT2D eigenvalue weighted by Crippen LogP contribution is -2.25. The number of fused-ring (bicyclic) bond motifs is 1. The molecule has 0 radical (unpaired) electrons. The van der Waals surface area contributed by atoms with Crippen molar-refractivity contribution in [2.75, 3.05) is 20.8 Å². The molecule has 0 saturated heterocycles. The molecule has 0 atom stereocenters. The summed E-state index contributed by atoms with van der Waals surface area (Å²) >= 11 is 2.96. The number of ether oxygens (including phenoxy) is 2. The summed E-state index contributed by atoms with van der Waals surface area (Å²) in [5, 5.41) is 11.5. The third-order valence-corrected chi connectivity index (χ3v) is 5.94. The minimum atomic E-state index is -0.0499. The van der Waals surface area contributed by atoms with Crippen molar-refractivity contribution in [3.05, 3.63) is 51.7 Å². The first-order valence-corrected chi connectivity index (χ1v) is 10.3. The molecule has 0 saturated carbocycles. The Kier molecular flexibility index (Phi) is 5.27. The monoisotopic (exact) mass is 414 g/mol. The van der Waals surface area contributed by atoms with Crippen molar-refractivity contribution in [1.82, 2.24) is 19.9 Å². The first kappa shape index (κ1) is 18.5. The Hall–Kier alpha value is -2.91. The van der Waals surface area contributed by atoms with E-state index < -0.39 is 0 Å². The molecule has 1 amide bonds. The number of hydrogen-bond acceptors (Lipinski definition) is 7. The van der Waals surface area contributed by atoms with Crippen molar-refractivity contribution < 1.29 is 14.3 Å². The quantitative estimate of drug-likeness (QED) is 0.501. The van der Waals surface area contributed by atoms with Gasteiger partial charge in [-0.15, -0.1) is 27.8 Å². The predicted octanol–water partition coefficient (Wildman–Crippen LogP) is 3.51. The van der Waals surface area contributed by atoms with Crippen LogP contribution in [0.5, 0.6) is 11.5 Å². The Balaban J connectivity index is 1.50. The SMILES string of the molecule is COc1ccc(-c2nc3scc(CCNC(=O)c4cccs4)n3n2)cc1OC. The van der Waals surface area contributed by atoms with E-state index in [-0.39, 0.29) is 5.91 Å². The molecule has 0 unspecified atom stereocenters. The van der Waals surface area contributed by atoms with Crippen LogP contribution in [0.15, 0.2) is 41.1 Å². The molecule has 4 aromatic rings. The van der Waals surface area contributed by atoms with Gasteiger partial charge in [-0.3, -0.25) is 4.79 Å². The van der Waals surface area contributed by atoms with Gasteiger partial charge in [-0.1, -0.05) is 6.07 Å². The van der Waals surface area contributed by atoms with Crippen LogP contribution in [0.4, 0.5) is 0 Å². The lowest BCUT2D eigenvalue weighted by molar-refractivity contribution is 0.0958. The fourth-order valence-electron chi connectivity index (χ4n) is 2.79. The second-order valence-electron chi connectivity index (χ2n) is 5.91. The zero-order valence-corrected chi connectivity index (χ0v) is 17.0. The molecule has 0 bridgehead atoms. The molecule has 28 heavy (non-hydrogen) atoms. The van der Waals surface area contributed by atoms with Gasteiger partial charge < -0.3 is 14.8 Å². The summed E-state index contributed by atoms with van der Waals surface area (Å²) in [7, 11) is 3.20. The van der Waals surface area contributed by atoms with E-state index in [9.17, 15) is 4.79 Å². The largest absolute Gasteiger partial charge is 0.493 e. The van der Waals surface area contributed by atoms with E-state index in [1.807, 2.05) is 45.6 Å². The number of methoxy groups -OCH3 is 2. The summed E-state index contributed by atoms with van der Waals surface area (Å²) < 4.78 is 12.5. The van der Waals surface area contributed by atoms with Crippen LogP contribution in [0.1, 0.15) is 15.4 Å². The zero-order chi connectivity index (χ0) is 19.5. The van der Waals surface area contributed by atoms with Crippen LogP contribution in [0, 0.1) is 0 Å².